The third kappa shape index (κ3) is 4.76. The molecule has 2 aromatic rings. The molecule has 0 atom stereocenters. The van der Waals surface area contributed by atoms with Gasteiger partial charge in [0.2, 0.25) is 5.13 Å². The first kappa shape index (κ1) is 19.8. The van der Waals surface area contributed by atoms with Gasteiger partial charge in [-0.25, -0.2) is 4.98 Å². The number of phenolic OH excluding ortho intramolecular Hbond substituents is 1. The predicted octanol–water partition coefficient (Wildman–Crippen LogP) is 3.38. The van der Waals surface area contributed by atoms with Crippen LogP contribution in [0.15, 0.2) is 21.0 Å². The van der Waals surface area contributed by atoms with E-state index in [0.717, 1.165) is 0 Å². The number of phenols is 1. The SMILES string of the molecule is CCOC(=O)Cc1csc(NN=Cc2cc([N+](=O)[O-])c(C)c(Br)c2O)n1. The molecule has 0 unspecified atom stereocenters. The first-order valence-corrected chi connectivity index (χ1v) is 9.06. The number of hydrogen-bond acceptors (Lipinski definition) is 9. The fraction of sp³-hybridized carbons (Fsp3) is 0.267. The average Bonchev–Trinajstić information content (AvgIpc) is 3.02. The molecule has 0 saturated heterocycles. The van der Waals surface area contributed by atoms with Crippen LogP contribution in [0.3, 0.4) is 0 Å². The number of halogens is 1. The highest BCUT2D eigenvalue weighted by Gasteiger charge is 2.19. The molecule has 0 saturated carbocycles. The third-order valence-electron chi connectivity index (χ3n) is 3.23. The Morgan fingerprint density at radius 3 is 3.00 bits per heavy atom. The van der Waals surface area contributed by atoms with Gasteiger partial charge in [-0.1, -0.05) is 0 Å². The Balaban J connectivity index is 2.11. The second-order valence-electron chi connectivity index (χ2n) is 5.03. The smallest absolute Gasteiger partial charge is 0.311 e. The Hall–Kier alpha value is -2.53. The molecule has 2 N–H and O–H groups in total. The van der Waals surface area contributed by atoms with E-state index in [0.29, 0.717) is 23.0 Å². The number of rotatable bonds is 7. The van der Waals surface area contributed by atoms with Gasteiger partial charge in [0.05, 0.1) is 34.3 Å². The number of carbonyl (C=O) groups is 1. The minimum Gasteiger partial charge on any atom is -0.506 e. The first-order chi connectivity index (χ1) is 12.3. The molecule has 0 fully saturated rings. The van der Waals surface area contributed by atoms with Crippen molar-refractivity contribution < 1.29 is 19.6 Å². The Kier molecular flexibility index (Phi) is 6.64. The van der Waals surface area contributed by atoms with Gasteiger partial charge >= 0.3 is 5.97 Å². The standard InChI is InChI=1S/C15H15BrN4O5S/c1-3-25-12(21)5-10-7-26-15(18-10)19-17-6-9-4-11(20(23)24)8(2)13(16)14(9)22/h4,6-7,22H,3,5H2,1-2H3,(H,18,19). The van der Waals surface area contributed by atoms with Crippen molar-refractivity contribution in [3.05, 3.63) is 42.9 Å². The zero-order chi connectivity index (χ0) is 19.3. The molecule has 0 aliphatic heterocycles. The van der Waals surface area contributed by atoms with Crippen LogP contribution >= 0.6 is 27.3 Å². The molecular formula is C15H15BrN4O5S. The molecule has 0 spiro atoms. The van der Waals surface area contributed by atoms with Crippen molar-refractivity contribution in [3.63, 3.8) is 0 Å². The number of aromatic nitrogens is 1. The summed E-state index contributed by atoms with van der Waals surface area (Å²) in [5, 5.41) is 27.2. The number of esters is 1. The fourth-order valence-electron chi connectivity index (χ4n) is 1.99. The quantitative estimate of drug-likeness (QED) is 0.291. The van der Waals surface area contributed by atoms with Crippen LogP contribution in [-0.4, -0.2) is 33.8 Å². The number of aromatic hydroxyl groups is 1. The van der Waals surface area contributed by atoms with Crippen LogP contribution in [0.25, 0.3) is 0 Å². The van der Waals surface area contributed by atoms with E-state index in [-0.39, 0.29) is 33.9 Å². The highest BCUT2D eigenvalue weighted by molar-refractivity contribution is 9.10. The van der Waals surface area contributed by atoms with Crippen molar-refractivity contribution in [1.82, 2.24) is 4.98 Å². The summed E-state index contributed by atoms with van der Waals surface area (Å²) >= 11 is 4.37. The van der Waals surface area contributed by atoms with Crippen molar-refractivity contribution >= 4 is 50.3 Å². The lowest BCUT2D eigenvalue weighted by Gasteiger charge is -2.06. The summed E-state index contributed by atoms with van der Waals surface area (Å²) in [5.74, 6) is -0.518. The maximum atomic E-state index is 11.4. The molecule has 0 aliphatic carbocycles. The molecule has 1 aromatic carbocycles. The molecular weight excluding hydrogens is 428 g/mol. The lowest BCUT2D eigenvalue weighted by Crippen LogP contribution is -2.07. The lowest BCUT2D eigenvalue weighted by atomic mass is 10.1. The van der Waals surface area contributed by atoms with Gasteiger partial charge in [-0.3, -0.25) is 20.3 Å². The maximum absolute atomic E-state index is 11.4. The summed E-state index contributed by atoms with van der Waals surface area (Å²) in [5.41, 5.74) is 3.56. The number of thiazole rings is 1. The number of anilines is 1. The van der Waals surface area contributed by atoms with Gasteiger partial charge in [0.25, 0.3) is 5.69 Å². The molecule has 1 aromatic heterocycles. The van der Waals surface area contributed by atoms with Gasteiger partial charge in [-0.2, -0.15) is 5.10 Å². The van der Waals surface area contributed by atoms with Gasteiger partial charge in [-0.05, 0) is 29.8 Å². The van der Waals surface area contributed by atoms with E-state index in [4.69, 9.17) is 4.74 Å². The zero-order valence-electron chi connectivity index (χ0n) is 13.9. The fourth-order valence-corrected chi connectivity index (χ4v) is 3.08. The number of nitrogens with one attached hydrogen (secondary N) is 1. The molecule has 138 valence electrons. The largest absolute Gasteiger partial charge is 0.506 e. The van der Waals surface area contributed by atoms with Gasteiger partial charge in [0.15, 0.2) is 0 Å². The number of nitro benzene ring substituents is 1. The van der Waals surface area contributed by atoms with E-state index < -0.39 is 4.92 Å². The van der Waals surface area contributed by atoms with E-state index >= 15 is 0 Å². The molecule has 0 amide bonds. The van der Waals surface area contributed by atoms with Crippen LogP contribution in [0, 0.1) is 17.0 Å². The van der Waals surface area contributed by atoms with Gasteiger partial charge < -0.3 is 9.84 Å². The van der Waals surface area contributed by atoms with Crippen molar-refractivity contribution in [1.29, 1.82) is 0 Å². The molecule has 0 bridgehead atoms. The predicted molar refractivity (Wildman–Crippen MR) is 101 cm³/mol. The summed E-state index contributed by atoms with van der Waals surface area (Å²) in [6, 6.07) is 1.23. The Morgan fingerprint density at radius 2 is 2.35 bits per heavy atom. The van der Waals surface area contributed by atoms with Crippen molar-refractivity contribution in [2.75, 3.05) is 12.0 Å². The Morgan fingerprint density at radius 1 is 1.62 bits per heavy atom. The third-order valence-corrected chi connectivity index (χ3v) is 5.00. The van der Waals surface area contributed by atoms with Crippen LogP contribution in [0.1, 0.15) is 23.7 Å². The van der Waals surface area contributed by atoms with Crippen LogP contribution in [0.5, 0.6) is 5.75 Å². The number of ether oxygens (including phenoxy) is 1. The Bertz CT molecular complexity index is 868. The molecule has 1 heterocycles. The number of hydrazone groups is 1. The highest BCUT2D eigenvalue weighted by atomic mass is 79.9. The van der Waals surface area contributed by atoms with Gasteiger partial charge in [-0.15, -0.1) is 11.3 Å². The maximum Gasteiger partial charge on any atom is 0.311 e. The molecule has 26 heavy (non-hydrogen) atoms. The second kappa shape index (κ2) is 8.72. The normalized spacial score (nSPS) is 10.9. The Labute approximate surface area is 161 Å². The number of nitrogens with zero attached hydrogens (tertiary/aromatic N) is 3. The number of hydrogen-bond donors (Lipinski definition) is 2. The van der Waals surface area contributed by atoms with E-state index in [1.54, 1.807) is 12.3 Å². The summed E-state index contributed by atoms with van der Waals surface area (Å²) in [6.45, 7) is 3.56. The molecule has 11 heteroatoms. The van der Waals surface area contributed by atoms with Crippen molar-refractivity contribution in [2.45, 2.75) is 20.3 Å². The van der Waals surface area contributed by atoms with E-state index in [1.807, 2.05) is 0 Å². The van der Waals surface area contributed by atoms with Crippen LogP contribution < -0.4 is 5.43 Å². The van der Waals surface area contributed by atoms with E-state index in [1.165, 1.54) is 30.5 Å². The van der Waals surface area contributed by atoms with Crippen LogP contribution in [0.2, 0.25) is 0 Å². The van der Waals surface area contributed by atoms with E-state index in [2.05, 4.69) is 31.4 Å². The number of benzene rings is 1. The molecule has 2 rings (SSSR count). The monoisotopic (exact) mass is 442 g/mol. The summed E-state index contributed by atoms with van der Waals surface area (Å²) in [6.07, 6.45) is 1.31. The highest BCUT2D eigenvalue weighted by Crippen LogP contribution is 2.36. The van der Waals surface area contributed by atoms with Crippen LogP contribution in [0.4, 0.5) is 10.8 Å². The number of nitro groups is 1. The average molecular weight is 443 g/mol. The molecule has 9 nitrogen and oxygen atoms in total. The van der Waals surface area contributed by atoms with Gasteiger partial charge in [0.1, 0.15) is 5.75 Å². The zero-order valence-corrected chi connectivity index (χ0v) is 16.3. The number of carbonyl (C=O) groups excluding carboxylic acids is 1. The minimum atomic E-state index is -0.535. The lowest BCUT2D eigenvalue weighted by molar-refractivity contribution is -0.385. The summed E-state index contributed by atoms with van der Waals surface area (Å²) < 4.78 is 5.08. The second-order valence-corrected chi connectivity index (χ2v) is 6.68. The minimum absolute atomic E-state index is 0.0631. The van der Waals surface area contributed by atoms with Crippen LogP contribution in [-0.2, 0) is 16.0 Å². The van der Waals surface area contributed by atoms with Gasteiger partial charge in [0, 0.05) is 22.6 Å². The van der Waals surface area contributed by atoms with Crippen molar-refractivity contribution in [2.24, 2.45) is 5.10 Å². The first-order valence-electron chi connectivity index (χ1n) is 7.39. The van der Waals surface area contributed by atoms with Crippen molar-refractivity contribution in [3.8, 4) is 5.75 Å². The summed E-state index contributed by atoms with van der Waals surface area (Å²) in [4.78, 5) is 26.1. The molecule has 0 aliphatic rings. The van der Waals surface area contributed by atoms with E-state index in [9.17, 15) is 20.0 Å². The molecule has 0 radical (unpaired) electrons. The topological polar surface area (TPSA) is 127 Å². The summed E-state index contributed by atoms with van der Waals surface area (Å²) in [7, 11) is 0.